The molecule has 3 nitrogen and oxygen atoms in total. The molecule has 1 rings (SSSR count). The van der Waals surface area contributed by atoms with E-state index in [1.54, 1.807) is 12.5 Å². The van der Waals surface area contributed by atoms with Crippen LogP contribution < -0.4 is 0 Å². The van der Waals surface area contributed by atoms with Crippen LogP contribution in [0.5, 0.6) is 5.75 Å². The van der Waals surface area contributed by atoms with Crippen molar-refractivity contribution in [1.29, 1.82) is 0 Å². The van der Waals surface area contributed by atoms with Crippen LogP contribution in [0.25, 0.3) is 0 Å². The Hall–Kier alpha value is -1.16. The Morgan fingerprint density at radius 1 is 1.29 bits per heavy atom. The van der Waals surface area contributed by atoms with Crippen LogP contribution in [-0.2, 0) is 14.1 Å². The molecule has 76 valence electrons. The predicted octanol–water partition coefficient (Wildman–Crippen LogP) is 1.33. The lowest BCUT2D eigenvalue weighted by Gasteiger charge is -2.01. The molecule has 0 spiro atoms. The first kappa shape index (κ1) is 10.9. The third-order valence-electron chi connectivity index (χ3n) is 1.67. The van der Waals surface area contributed by atoms with Crippen LogP contribution in [0.2, 0.25) is 0 Å². The molecule has 0 radical (unpaired) electrons. The maximum absolute atomic E-state index is 11.5. The molecule has 14 heavy (non-hydrogen) atoms. The van der Waals surface area contributed by atoms with Gasteiger partial charge in [-0.25, -0.2) is 0 Å². The van der Waals surface area contributed by atoms with Gasteiger partial charge in [0.15, 0.2) is 5.75 Å². The predicted molar refractivity (Wildman–Crippen MR) is 57.2 cm³/mol. The monoisotopic (exact) mass is 213 g/mol. The van der Waals surface area contributed by atoms with Gasteiger partial charge in [0.25, 0.3) is 0 Å². The number of carbonyl (C=O) groups excluding carboxylic acids is 1. The van der Waals surface area contributed by atoms with E-state index in [0.717, 1.165) is 0 Å². The maximum atomic E-state index is 11.5. The van der Waals surface area contributed by atoms with Crippen molar-refractivity contribution in [2.45, 2.75) is 0 Å². The Kier molecular flexibility index (Phi) is 3.06. The van der Waals surface area contributed by atoms with Crippen LogP contribution in [0.4, 0.5) is 0 Å². The average molecular weight is 213 g/mol. The van der Waals surface area contributed by atoms with Gasteiger partial charge < -0.3 is 5.11 Å². The summed E-state index contributed by atoms with van der Waals surface area (Å²) in [7, 11) is -2.04. The van der Waals surface area contributed by atoms with E-state index in [-0.39, 0.29) is 17.3 Å². The molecule has 4 heteroatoms. The van der Waals surface area contributed by atoms with E-state index in [9.17, 15) is 9.00 Å². The van der Waals surface area contributed by atoms with Crippen molar-refractivity contribution in [3.63, 3.8) is 0 Å². The highest BCUT2D eigenvalue weighted by Gasteiger charge is 2.20. The zero-order valence-corrected chi connectivity index (χ0v) is 9.00. The number of rotatable bonds is 3. The molecule has 0 atom stereocenters. The number of Topliss-reactive ketones (excluding diaryl/α,β-unsaturated/α-hetero) is 1. The lowest BCUT2D eigenvalue weighted by atomic mass is 10.1. The normalized spacial score (nSPS) is 11.3. The van der Waals surface area contributed by atoms with E-state index in [1.807, 2.05) is 0 Å². The van der Waals surface area contributed by atoms with Gasteiger partial charge in [-0.05, 0) is 24.3 Å². The van der Waals surface area contributed by atoms with Crippen molar-refractivity contribution in [2.24, 2.45) is 0 Å². The summed E-state index contributed by atoms with van der Waals surface area (Å²) in [5.41, 5.74) is 0.485. The quantitative estimate of drug-likeness (QED) is 0.609. The van der Waals surface area contributed by atoms with Crippen LogP contribution >= 0.6 is 0 Å². The molecule has 0 amide bonds. The summed E-state index contributed by atoms with van der Waals surface area (Å²) in [6, 6.07) is 5.95. The summed E-state index contributed by atoms with van der Waals surface area (Å²) in [5, 5.41) is 9.00. The number of hydrogen-bond donors (Lipinski definition) is 1. The molecule has 0 aliphatic heterocycles. The summed E-state index contributed by atoms with van der Waals surface area (Å²) in [6.07, 6.45) is 3.12. The Labute approximate surface area is 84.2 Å². The standard InChI is InChI=1S/C10H12O3S/c1-14(2,13)7-10(12)8-3-5-9(11)6-4-8/h3-6H,7H2,1-2H3/p+1. The van der Waals surface area contributed by atoms with Crippen LogP contribution in [0.3, 0.4) is 0 Å². The second-order valence-corrected chi connectivity index (χ2v) is 6.71. The molecule has 0 saturated heterocycles. The number of aromatic hydroxyl groups is 1. The summed E-state index contributed by atoms with van der Waals surface area (Å²) in [6.45, 7) is 0. The first-order valence-corrected chi connectivity index (χ1v) is 6.67. The molecular weight excluding hydrogens is 200 g/mol. The van der Waals surface area contributed by atoms with Gasteiger partial charge in [0.1, 0.15) is 18.3 Å². The first-order chi connectivity index (χ1) is 6.38. The molecule has 0 saturated carbocycles. The molecule has 0 heterocycles. The van der Waals surface area contributed by atoms with Gasteiger partial charge in [-0.3, -0.25) is 4.79 Å². The van der Waals surface area contributed by atoms with Crippen molar-refractivity contribution in [1.82, 2.24) is 0 Å². The van der Waals surface area contributed by atoms with E-state index in [0.29, 0.717) is 5.56 Å². The Balaban J connectivity index is 2.81. The molecule has 1 aromatic rings. The van der Waals surface area contributed by atoms with Gasteiger partial charge in [-0.1, -0.05) is 0 Å². The molecular formula is C10H13O3S+. The van der Waals surface area contributed by atoms with Crippen LogP contribution in [0.1, 0.15) is 10.4 Å². The largest absolute Gasteiger partial charge is 0.508 e. The Morgan fingerprint density at radius 2 is 1.79 bits per heavy atom. The minimum atomic E-state index is -2.04. The van der Waals surface area contributed by atoms with Gasteiger partial charge in [0.05, 0.1) is 9.93 Å². The number of phenolic OH excluding ortho intramolecular Hbond substituents is 1. The molecule has 0 fully saturated rings. The van der Waals surface area contributed by atoms with E-state index in [2.05, 4.69) is 0 Å². The van der Waals surface area contributed by atoms with Crippen LogP contribution in [0.15, 0.2) is 24.3 Å². The molecule has 1 aromatic carbocycles. The zero-order chi connectivity index (χ0) is 10.8. The molecule has 0 aliphatic carbocycles. The SMILES string of the molecule is C[S+](C)(=O)CC(=O)c1ccc(O)cc1. The molecule has 0 aromatic heterocycles. The lowest BCUT2D eigenvalue weighted by molar-refractivity contribution is 0.102. The maximum Gasteiger partial charge on any atom is 0.211 e. The first-order valence-electron chi connectivity index (χ1n) is 4.12. The second kappa shape index (κ2) is 3.92. The van der Waals surface area contributed by atoms with Crippen molar-refractivity contribution < 1.29 is 14.1 Å². The number of benzene rings is 1. The van der Waals surface area contributed by atoms with Crippen molar-refractivity contribution >= 4 is 15.7 Å². The molecule has 1 N–H and O–H groups in total. The van der Waals surface area contributed by atoms with Gasteiger partial charge >= 0.3 is 0 Å². The summed E-state index contributed by atoms with van der Waals surface area (Å²) in [4.78, 5) is 11.5. The van der Waals surface area contributed by atoms with Crippen LogP contribution in [-0.4, -0.2) is 29.2 Å². The Morgan fingerprint density at radius 3 is 2.21 bits per heavy atom. The lowest BCUT2D eigenvalue weighted by Crippen LogP contribution is -2.19. The zero-order valence-electron chi connectivity index (χ0n) is 8.19. The molecule has 0 unspecified atom stereocenters. The average Bonchev–Trinajstić information content (AvgIpc) is 2.02. The highest BCUT2D eigenvalue weighted by molar-refractivity contribution is 8.02. The van der Waals surface area contributed by atoms with E-state index >= 15 is 0 Å². The van der Waals surface area contributed by atoms with E-state index < -0.39 is 9.93 Å². The number of phenols is 1. The number of hydrogen-bond acceptors (Lipinski definition) is 3. The topological polar surface area (TPSA) is 54.4 Å². The van der Waals surface area contributed by atoms with Crippen molar-refractivity contribution in [3.8, 4) is 5.75 Å². The van der Waals surface area contributed by atoms with Crippen LogP contribution in [0, 0.1) is 0 Å². The molecule has 0 bridgehead atoms. The van der Waals surface area contributed by atoms with E-state index in [1.165, 1.54) is 24.3 Å². The Bertz CT molecular complexity index is 375. The highest BCUT2D eigenvalue weighted by Crippen LogP contribution is 2.11. The fraction of sp³-hybridized carbons (Fsp3) is 0.300. The smallest absolute Gasteiger partial charge is 0.211 e. The van der Waals surface area contributed by atoms with Crippen molar-refractivity contribution in [2.75, 3.05) is 18.3 Å². The minimum Gasteiger partial charge on any atom is -0.508 e. The highest BCUT2D eigenvalue weighted by atomic mass is 32.2. The summed E-state index contributed by atoms with van der Waals surface area (Å²) in [5.74, 6) is 0.0212. The summed E-state index contributed by atoms with van der Waals surface area (Å²) >= 11 is 0. The fourth-order valence-corrected chi connectivity index (χ4v) is 1.84. The third-order valence-corrected chi connectivity index (χ3v) is 2.63. The summed E-state index contributed by atoms with van der Waals surface area (Å²) < 4.78 is 11.4. The second-order valence-electron chi connectivity index (χ2n) is 3.55. The van der Waals surface area contributed by atoms with Crippen molar-refractivity contribution in [3.05, 3.63) is 29.8 Å². The van der Waals surface area contributed by atoms with Gasteiger partial charge in [-0.15, -0.1) is 4.21 Å². The number of ketones is 1. The van der Waals surface area contributed by atoms with Gasteiger partial charge in [0, 0.05) is 5.56 Å². The number of carbonyl (C=O) groups is 1. The fourth-order valence-electron chi connectivity index (χ4n) is 1.05. The minimum absolute atomic E-state index is 0.0533. The molecule has 0 aliphatic rings. The third kappa shape index (κ3) is 3.30. The van der Waals surface area contributed by atoms with Gasteiger partial charge in [0.2, 0.25) is 5.78 Å². The van der Waals surface area contributed by atoms with Gasteiger partial charge in [-0.2, -0.15) is 0 Å². The van der Waals surface area contributed by atoms with E-state index in [4.69, 9.17) is 5.11 Å².